The summed E-state index contributed by atoms with van der Waals surface area (Å²) < 4.78 is 35.0. The van der Waals surface area contributed by atoms with Gasteiger partial charge in [0.2, 0.25) is 0 Å². The smallest absolute Gasteiger partial charge is 0.277 e. The molecular formula is C7H12N2O7S. The van der Waals surface area contributed by atoms with Crippen molar-refractivity contribution in [3.63, 3.8) is 0 Å². The molecule has 1 fully saturated rings. The molecule has 1 heterocycles. The number of hydrogen-bond donors (Lipinski definition) is 2. The monoisotopic (exact) mass is 268 g/mol. The molecule has 0 saturated carbocycles. The number of ether oxygens (including phenoxy) is 1. The van der Waals surface area contributed by atoms with Crippen LogP contribution in [0.3, 0.4) is 0 Å². The summed E-state index contributed by atoms with van der Waals surface area (Å²) in [6, 6.07) is 0. The van der Waals surface area contributed by atoms with Crippen LogP contribution >= 0.6 is 0 Å². The molecule has 1 atom stereocenters. The average molecular weight is 268 g/mol. The highest BCUT2D eigenvalue weighted by molar-refractivity contribution is 7.87. The van der Waals surface area contributed by atoms with E-state index in [-0.39, 0.29) is 11.8 Å². The molecule has 0 radical (unpaired) electrons. The van der Waals surface area contributed by atoms with Crippen molar-refractivity contribution in [2.45, 2.75) is 11.7 Å². The fraction of sp³-hybridized carbons (Fsp3) is 0.714. The number of hydroxylamine groups is 2. The van der Waals surface area contributed by atoms with Crippen LogP contribution in [0.5, 0.6) is 0 Å². The predicted molar refractivity (Wildman–Crippen MR) is 52.8 cm³/mol. The maximum absolute atomic E-state index is 11.4. The first-order valence-corrected chi connectivity index (χ1v) is 6.06. The molecule has 2 N–H and O–H groups in total. The first-order chi connectivity index (χ1) is 7.88. The third-order valence-electron chi connectivity index (χ3n) is 1.93. The molecule has 2 amide bonds. The number of carbonyl (C=O) groups is 2. The van der Waals surface area contributed by atoms with Crippen LogP contribution in [0.15, 0.2) is 0 Å². The van der Waals surface area contributed by atoms with Gasteiger partial charge >= 0.3 is 0 Å². The van der Waals surface area contributed by atoms with Gasteiger partial charge in [-0.3, -0.25) is 19.5 Å². The third kappa shape index (κ3) is 3.44. The molecule has 1 aliphatic rings. The number of imide groups is 1. The van der Waals surface area contributed by atoms with Gasteiger partial charge in [0, 0.05) is 0 Å². The second-order valence-corrected chi connectivity index (χ2v) is 4.78. The zero-order valence-electron chi connectivity index (χ0n) is 8.95. The Kier molecular flexibility index (Phi) is 4.54. The average Bonchev–Trinajstić information content (AvgIpc) is 2.50. The molecule has 0 spiro atoms. The summed E-state index contributed by atoms with van der Waals surface area (Å²) in [5, 5.41) is 1.12. The lowest BCUT2D eigenvalue weighted by molar-refractivity contribution is -0.217. The number of rotatable bonds is 6. The van der Waals surface area contributed by atoms with E-state index in [1.807, 2.05) is 0 Å². The first-order valence-electron chi connectivity index (χ1n) is 4.56. The first kappa shape index (κ1) is 14.0. The highest BCUT2D eigenvalue weighted by Gasteiger charge is 2.47. The van der Waals surface area contributed by atoms with Crippen LogP contribution in [0.25, 0.3) is 0 Å². The van der Waals surface area contributed by atoms with Crippen molar-refractivity contribution in [3.05, 3.63) is 0 Å². The fourth-order valence-corrected chi connectivity index (χ4v) is 1.89. The van der Waals surface area contributed by atoms with Gasteiger partial charge in [0.05, 0.1) is 13.2 Å². The zero-order chi connectivity index (χ0) is 13.1. The highest BCUT2D eigenvalue weighted by atomic mass is 32.2. The molecule has 10 heteroatoms. The number of amides is 2. The predicted octanol–water partition coefficient (Wildman–Crippen LogP) is -1.92. The molecule has 17 heavy (non-hydrogen) atoms. The molecule has 0 bridgehead atoms. The Bertz CT molecular complexity index is 406. The van der Waals surface area contributed by atoms with Crippen molar-refractivity contribution in [2.75, 3.05) is 20.6 Å². The molecule has 0 aliphatic carbocycles. The third-order valence-corrected chi connectivity index (χ3v) is 3.02. The molecule has 9 nitrogen and oxygen atoms in total. The van der Waals surface area contributed by atoms with E-state index >= 15 is 0 Å². The summed E-state index contributed by atoms with van der Waals surface area (Å²) >= 11 is 0. The number of carbonyl (C=O) groups excluding carboxylic acids is 2. The summed E-state index contributed by atoms with van der Waals surface area (Å²) in [5.41, 5.74) is 0. The van der Waals surface area contributed by atoms with Crippen LogP contribution in [0.2, 0.25) is 0 Å². The lowest BCUT2D eigenvalue weighted by Gasteiger charge is -2.13. The van der Waals surface area contributed by atoms with Gasteiger partial charge in [-0.05, 0) is 7.05 Å². The van der Waals surface area contributed by atoms with E-state index in [2.05, 4.69) is 10.2 Å². The van der Waals surface area contributed by atoms with Crippen LogP contribution in [-0.2, 0) is 29.3 Å². The Morgan fingerprint density at radius 3 is 2.65 bits per heavy atom. The molecule has 1 unspecified atom stereocenters. The van der Waals surface area contributed by atoms with Crippen molar-refractivity contribution in [1.82, 2.24) is 10.4 Å². The second-order valence-electron chi connectivity index (χ2n) is 3.18. The van der Waals surface area contributed by atoms with E-state index in [1.165, 1.54) is 0 Å². The topological polar surface area (TPSA) is 122 Å². The van der Waals surface area contributed by atoms with Crippen molar-refractivity contribution < 1.29 is 32.1 Å². The normalized spacial score (nSPS) is 21.3. The molecule has 1 saturated heterocycles. The minimum absolute atomic E-state index is 0.137. The van der Waals surface area contributed by atoms with Crippen LogP contribution in [0, 0.1) is 0 Å². The van der Waals surface area contributed by atoms with Gasteiger partial charge in [0.1, 0.15) is 0 Å². The molecular weight excluding hydrogens is 256 g/mol. The Hall–Kier alpha value is -1.07. The molecule has 0 aromatic heterocycles. The molecule has 1 aliphatic heterocycles. The lowest BCUT2D eigenvalue weighted by atomic mass is 10.4. The summed E-state index contributed by atoms with van der Waals surface area (Å²) in [6.45, 7) is -0.255. The van der Waals surface area contributed by atoms with Gasteiger partial charge in [-0.25, -0.2) is 4.84 Å². The Morgan fingerprint density at radius 2 is 2.18 bits per heavy atom. The summed E-state index contributed by atoms with van der Waals surface area (Å²) in [7, 11) is -2.99. The maximum Gasteiger partial charge on any atom is 0.277 e. The van der Waals surface area contributed by atoms with E-state index in [9.17, 15) is 18.0 Å². The summed E-state index contributed by atoms with van der Waals surface area (Å²) in [5.74, 6) is -1.96. The van der Waals surface area contributed by atoms with Crippen molar-refractivity contribution in [2.24, 2.45) is 0 Å². The van der Waals surface area contributed by atoms with E-state index in [0.29, 0.717) is 0 Å². The quantitative estimate of drug-likeness (QED) is 0.247. The van der Waals surface area contributed by atoms with Gasteiger partial charge in [0.25, 0.3) is 21.9 Å². The van der Waals surface area contributed by atoms with Crippen LogP contribution in [0.1, 0.15) is 6.42 Å². The SMILES string of the molecule is CNCOCON1C(=O)CC(S(=O)(=O)O)C1=O. The van der Waals surface area contributed by atoms with Gasteiger partial charge in [0.15, 0.2) is 12.0 Å². The van der Waals surface area contributed by atoms with Crippen LogP contribution < -0.4 is 5.32 Å². The van der Waals surface area contributed by atoms with E-state index < -0.39 is 40.4 Å². The minimum Gasteiger partial charge on any atom is -0.338 e. The Labute approximate surface area is 97.4 Å². The Morgan fingerprint density at radius 1 is 1.53 bits per heavy atom. The van der Waals surface area contributed by atoms with Crippen molar-refractivity contribution in [3.8, 4) is 0 Å². The van der Waals surface area contributed by atoms with Gasteiger partial charge in [-0.15, -0.1) is 5.06 Å². The van der Waals surface area contributed by atoms with Gasteiger partial charge in [-0.1, -0.05) is 0 Å². The molecule has 0 aromatic rings. The maximum atomic E-state index is 11.4. The number of hydrogen-bond acceptors (Lipinski definition) is 7. The largest absolute Gasteiger partial charge is 0.338 e. The second kappa shape index (κ2) is 5.51. The summed E-state index contributed by atoms with van der Waals surface area (Å²) in [6.07, 6.45) is -0.635. The number of nitrogens with one attached hydrogen (secondary N) is 1. The van der Waals surface area contributed by atoms with E-state index in [1.54, 1.807) is 7.05 Å². The van der Waals surface area contributed by atoms with E-state index in [0.717, 1.165) is 0 Å². The van der Waals surface area contributed by atoms with Crippen molar-refractivity contribution >= 4 is 21.9 Å². The summed E-state index contributed by atoms with van der Waals surface area (Å²) in [4.78, 5) is 27.3. The van der Waals surface area contributed by atoms with Gasteiger partial charge < -0.3 is 4.74 Å². The molecule has 0 aromatic carbocycles. The lowest BCUT2D eigenvalue weighted by Crippen LogP contribution is -2.35. The Balaban J connectivity index is 2.58. The van der Waals surface area contributed by atoms with E-state index in [4.69, 9.17) is 9.29 Å². The minimum atomic E-state index is -4.60. The van der Waals surface area contributed by atoms with Crippen molar-refractivity contribution in [1.29, 1.82) is 0 Å². The standard InChI is InChI=1S/C7H12N2O7S/c1-8-3-15-4-16-9-6(10)2-5(7(9)11)17(12,13)14/h5,8H,2-4H2,1H3,(H,12,13,14). The fourth-order valence-electron chi connectivity index (χ4n) is 1.18. The highest BCUT2D eigenvalue weighted by Crippen LogP contribution is 2.19. The van der Waals surface area contributed by atoms with Crippen LogP contribution in [-0.4, -0.2) is 55.7 Å². The zero-order valence-corrected chi connectivity index (χ0v) is 9.77. The molecule has 1 rings (SSSR count). The van der Waals surface area contributed by atoms with Gasteiger partial charge in [-0.2, -0.15) is 8.42 Å². The molecule has 98 valence electrons. The van der Waals surface area contributed by atoms with Crippen LogP contribution in [0.4, 0.5) is 0 Å². The number of nitrogens with zero attached hydrogens (tertiary/aromatic N) is 1.